The quantitative estimate of drug-likeness (QED) is 0.779. The van der Waals surface area contributed by atoms with Crippen molar-refractivity contribution in [3.05, 3.63) is 41.9 Å². The lowest BCUT2D eigenvalue weighted by Crippen LogP contribution is -2.45. The lowest BCUT2D eigenvalue weighted by Gasteiger charge is -2.23. The van der Waals surface area contributed by atoms with Crippen LogP contribution in [0.1, 0.15) is 35.3 Å². The van der Waals surface area contributed by atoms with Crippen LogP contribution in [0.5, 0.6) is 0 Å². The Morgan fingerprint density at radius 1 is 1.19 bits per heavy atom. The van der Waals surface area contributed by atoms with E-state index in [1.807, 2.05) is 18.2 Å². The minimum Gasteiger partial charge on any atom is -0.347 e. The number of piperidine rings is 1. The van der Waals surface area contributed by atoms with E-state index in [0.717, 1.165) is 49.2 Å². The second-order valence-electron chi connectivity index (χ2n) is 6.72. The number of fused-ring (bicyclic) bond motifs is 1. The van der Waals surface area contributed by atoms with Crippen molar-refractivity contribution in [1.82, 2.24) is 20.6 Å². The fraction of sp³-hybridized carbons (Fsp3) is 0.368. The lowest BCUT2D eigenvalue weighted by molar-refractivity contribution is -0.116. The summed E-state index contributed by atoms with van der Waals surface area (Å²) in [5.41, 5.74) is 3.79. The van der Waals surface area contributed by atoms with Crippen LogP contribution in [0.2, 0.25) is 0 Å². The van der Waals surface area contributed by atoms with Gasteiger partial charge in [0, 0.05) is 30.3 Å². The predicted molar refractivity (Wildman–Crippen MR) is 97.8 cm³/mol. The van der Waals surface area contributed by atoms with Gasteiger partial charge in [-0.25, -0.2) is 4.98 Å². The van der Waals surface area contributed by atoms with Crippen molar-refractivity contribution in [2.75, 3.05) is 18.4 Å². The van der Waals surface area contributed by atoms with Crippen molar-refractivity contribution in [3.63, 3.8) is 0 Å². The summed E-state index contributed by atoms with van der Waals surface area (Å²) >= 11 is 0. The third kappa shape index (κ3) is 3.57. The van der Waals surface area contributed by atoms with Crippen LogP contribution >= 0.6 is 0 Å². The molecule has 134 valence electrons. The zero-order chi connectivity index (χ0) is 17.9. The maximum atomic E-state index is 12.3. The number of carbonyl (C=O) groups excluding carboxylic acids is 2. The van der Waals surface area contributed by atoms with Crippen LogP contribution in [-0.4, -0.2) is 40.9 Å². The molecule has 1 aromatic heterocycles. The minimum absolute atomic E-state index is 0.0324. The van der Waals surface area contributed by atoms with Crippen molar-refractivity contribution in [2.24, 2.45) is 0 Å². The monoisotopic (exact) mass is 351 g/mol. The maximum Gasteiger partial charge on any atom is 0.271 e. The molecule has 1 aromatic carbocycles. The summed E-state index contributed by atoms with van der Waals surface area (Å²) < 4.78 is 0. The fourth-order valence-corrected chi connectivity index (χ4v) is 3.36. The van der Waals surface area contributed by atoms with Crippen molar-refractivity contribution in [1.29, 1.82) is 0 Å². The number of aryl methyl sites for hydroxylation is 1. The Hall–Kier alpha value is -2.80. The van der Waals surface area contributed by atoms with Gasteiger partial charge < -0.3 is 16.0 Å². The minimum atomic E-state index is -0.199. The number of nitrogens with zero attached hydrogens (tertiary/aromatic N) is 2. The number of anilines is 1. The molecule has 26 heavy (non-hydrogen) atoms. The molecular formula is C19H21N5O2. The first-order chi connectivity index (χ1) is 12.7. The predicted octanol–water partition coefficient (Wildman–Crippen LogP) is 1.51. The number of amides is 2. The van der Waals surface area contributed by atoms with Crippen LogP contribution in [0.15, 0.2) is 30.6 Å². The largest absolute Gasteiger partial charge is 0.347 e. The second kappa shape index (κ2) is 7.21. The Balaban J connectivity index is 1.48. The third-order valence-corrected chi connectivity index (χ3v) is 4.82. The summed E-state index contributed by atoms with van der Waals surface area (Å²) in [5.74, 6) is -0.166. The molecule has 2 aliphatic rings. The lowest BCUT2D eigenvalue weighted by atomic mass is 10.00. The van der Waals surface area contributed by atoms with Crippen molar-refractivity contribution in [2.45, 2.75) is 31.7 Å². The van der Waals surface area contributed by atoms with Gasteiger partial charge in [-0.2, -0.15) is 0 Å². The zero-order valence-corrected chi connectivity index (χ0v) is 14.4. The van der Waals surface area contributed by atoms with Gasteiger partial charge in [0.15, 0.2) is 0 Å². The number of hydrogen-bond acceptors (Lipinski definition) is 5. The molecule has 3 N–H and O–H groups in total. The summed E-state index contributed by atoms with van der Waals surface area (Å²) in [6.07, 6.45) is 6.41. The third-order valence-electron chi connectivity index (χ3n) is 4.82. The van der Waals surface area contributed by atoms with E-state index in [9.17, 15) is 9.59 Å². The van der Waals surface area contributed by atoms with Gasteiger partial charge in [0.25, 0.3) is 5.91 Å². The Kier molecular flexibility index (Phi) is 4.62. The Labute approximate surface area is 151 Å². The van der Waals surface area contributed by atoms with Gasteiger partial charge in [0.05, 0.1) is 18.1 Å². The molecule has 2 aliphatic heterocycles. The summed E-state index contributed by atoms with van der Waals surface area (Å²) in [7, 11) is 0. The average Bonchev–Trinajstić information content (AvgIpc) is 2.68. The first-order valence-electron chi connectivity index (χ1n) is 8.96. The number of aromatic nitrogens is 2. The Morgan fingerprint density at radius 2 is 2.12 bits per heavy atom. The molecule has 0 bridgehead atoms. The van der Waals surface area contributed by atoms with Crippen LogP contribution in [0.4, 0.5) is 5.69 Å². The van der Waals surface area contributed by atoms with E-state index in [2.05, 4.69) is 25.9 Å². The van der Waals surface area contributed by atoms with Gasteiger partial charge in [-0.1, -0.05) is 12.1 Å². The first-order valence-corrected chi connectivity index (χ1v) is 8.96. The molecule has 0 spiro atoms. The van der Waals surface area contributed by atoms with E-state index in [1.165, 1.54) is 6.20 Å². The molecule has 3 heterocycles. The van der Waals surface area contributed by atoms with Crippen molar-refractivity contribution >= 4 is 17.5 Å². The molecule has 0 radical (unpaired) electrons. The van der Waals surface area contributed by atoms with Crippen molar-refractivity contribution < 1.29 is 9.59 Å². The van der Waals surface area contributed by atoms with E-state index in [0.29, 0.717) is 17.8 Å². The SMILES string of the molecule is O=C1CCc2ccc(-c3cnc(C(=O)NC4CCCNC4)cn3)cc2N1. The maximum absolute atomic E-state index is 12.3. The highest BCUT2D eigenvalue weighted by atomic mass is 16.2. The molecule has 0 aliphatic carbocycles. The molecule has 1 atom stereocenters. The highest BCUT2D eigenvalue weighted by molar-refractivity contribution is 5.95. The molecule has 2 aromatic rings. The van der Waals surface area contributed by atoms with Gasteiger partial charge in [-0.05, 0) is 37.4 Å². The second-order valence-corrected chi connectivity index (χ2v) is 6.72. The van der Waals surface area contributed by atoms with Crippen LogP contribution in [0, 0.1) is 0 Å². The summed E-state index contributed by atoms with van der Waals surface area (Å²) in [5, 5.41) is 9.15. The standard InChI is InChI=1S/C19H21N5O2/c25-18-6-5-12-3-4-13(8-15(12)24-18)16-10-22-17(11-21-16)19(26)23-14-2-1-7-20-9-14/h3-4,8,10-11,14,20H,1-2,5-7,9H2,(H,23,26)(H,24,25). The van der Waals surface area contributed by atoms with Gasteiger partial charge in [-0.15, -0.1) is 0 Å². The molecule has 1 saturated heterocycles. The Morgan fingerprint density at radius 3 is 2.88 bits per heavy atom. The van der Waals surface area contributed by atoms with Crippen LogP contribution in [0.3, 0.4) is 0 Å². The van der Waals surface area contributed by atoms with Gasteiger partial charge in [0.2, 0.25) is 5.91 Å². The van der Waals surface area contributed by atoms with E-state index in [4.69, 9.17) is 0 Å². The van der Waals surface area contributed by atoms with Crippen molar-refractivity contribution in [3.8, 4) is 11.3 Å². The number of benzene rings is 1. The highest BCUT2D eigenvalue weighted by Crippen LogP contribution is 2.27. The summed E-state index contributed by atoms with van der Waals surface area (Å²) in [4.78, 5) is 32.5. The van der Waals surface area contributed by atoms with Crippen LogP contribution in [-0.2, 0) is 11.2 Å². The summed E-state index contributed by atoms with van der Waals surface area (Å²) in [6, 6.07) is 6.02. The number of hydrogen-bond donors (Lipinski definition) is 3. The molecule has 1 fully saturated rings. The van der Waals surface area contributed by atoms with E-state index >= 15 is 0 Å². The molecular weight excluding hydrogens is 330 g/mol. The molecule has 7 nitrogen and oxygen atoms in total. The number of carbonyl (C=O) groups is 2. The highest BCUT2D eigenvalue weighted by Gasteiger charge is 2.18. The molecule has 1 unspecified atom stereocenters. The van der Waals surface area contributed by atoms with Crippen LogP contribution < -0.4 is 16.0 Å². The number of rotatable bonds is 3. The van der Waals surface area contributed by atoms with Crippen LogP contribution in [0.25, 0.3) is 11.3 Å². The van der Waals surface area contributed by atoms with Gasteiger partial charge >= 0.3 is 0 Å². The zero-order valence-electron chi connectivity index (χ0n) is 14.4. The number of nitrogens with one attached hydrogen (secondary N) is 3. The molecule has 7 heteroatoms. The normalized spacial score (nSPS) is 19.4. The molecule has 2 amide bonds. The Bertz CT molecular complexity index is 828. The summed E-state index contributed by atoms with van der Waals surface area (Å²) in [6.45, 7) is 1.79. The topological polar surface area (TPSA) is 96.0 Å². The smallest absolute Gasteiger partial charge is 0.271 e. The van der Waals surface area contributed by atoms with Gasteiger partial charge in [0.1, 0.15) is 5.69 Å². The average molecular weight is 351 g/mol. The molecule has 0 saturated carbocycles. The van der Waals surface area contributed by atoms with E-state index < -0.39 is 0 Å². The van der Waals surface area contributed by atoms with E-state index in [-0.39, 0.29) is 17.9 Å². The first kappa shape index (κ1) is 16.7. The van der Waals surface area contributed by atoms with Gasteiger partial charge in [-0.3, -0.25) is 14.6 Å². The van der Waals surface area contributed by atoms with E-state index in [1.54, 1.807) is 6.20 Å². The fourth-order valence-electron chi connectivity index (χ4n) is 3.36. The molecule has 4 rings (SSSR count).